The maximum atomic E-state index is 12.1. The largest absolute Gasteiger partial charge is 0.396 e. The number of rotatable bonds is 6. The summed E-state index contributed by atoms with van der Waals surface area (Å²) in [6.07, 6.45) is 0.783. The number of aliphatic hydroxyl groups excluding tert-OH is 1. The summed E-state index contributed by atoms with van der Waals surface area (Å²) in [5.74, 6) is -0.0717. The predicted octanol–water partition coefficient (Wildman–Crippen LogP) is 2.23. The average Bonchev–Trinajstić information content (AvgIpc) is 2.84. The van der Waals surface area contributed by atoms with Crippen molar-refractivity contribution >= 4 is 17.2 Å². The lowest BCUT2D eigenvalue weighted by Gasteiger charge is -2.18. The van der Waals surface area contributed by atoms with Crippen LogP contribution in [0.3, 0.4) is 0 Å². The van der Waals surface area contributed by atoms with E-state index >= 15 is 0 Å². The van der Waals surface area contributed by atoms with E-state index in [4.69, 9.17) is 5.11 Å². The molecular formula is C15H18N2O2S. The summed E-state index contributed by atoms with van der Waals surface area (Å²) >= 11 is 1.54. The quantitative estimate of drug-likeness (QED) is 0.857. The number of carbonyl (C=O) groups is 1. The number of thiazole rings is 1. The van der Waals surface area contributed by atoms with Crippen LogP contribution in [0.15, 0.2) is 35.7 Å². The van der Waals surface area contributed by atoms with Crippen LogP contribution in [0.1, 0.15) is 28.7 Å². The van der Waals surface area contributed by atoms with Crippen molar-refractivity contribution in [3.05, 3.63) is 52.0 Å². The highest BCUT2D eigenvalue weighted by molar-refractivity contribution is 7.09. The number of aromatic nitrogens is 1. The van der Waals surface area contributed by atoms with Crippen LogP contribution in [0.5, 0.6) is 0 Å². The van der Waals surface area contributed by atoms with E-state index in [0.29, 0.717) is 6.42 Å². The fourth-order valence-corrected chi connectivity index (χ4v) is 2.65. The normalized spacial score (nSPS) is 12.1. The van der Waals surface area contributed by atoms with E-state index in [-0.39, 0.29) is 25.0 Å². The van der Waals surface area contributed by atoms with E-state index in [1.54, 1.807) is 11.3 Å². The van der Waals surface area contributed by atoms with Gasteiger partial charge in [0, 0.05) is 12.0 Å². The summed E-state index contributed by atoms with van der Waals surface area (Å²) in [5.41, 5.74) is 1.80. The molecule has 1 amide bonds. The van der Waals surface area contributed by atoms with Crippen LogP contribution < -0.4 is 5.32 Å². The molecule has 0 aliphatic carbocycles. The maximum absolute atomic E-state index is 12.1. The number of nitrogens with zero attached hydrogens (tertiary/aromatic N) is 1. The number of amides is 1. The zero-order valence-corrected chi connectivity index (χ0v) is 12.2. The third kappa shape index (κ3) is 4.15. The lowest BCUT2D eigenvalue weighted by atomic mass is 10.0. The molecule has 0 aliphatic heterocycles. The number of hydrogen-bond acceptors (Lipinski definition) is 4. The van der Waals surface area contributed by atoms with Gasteiger partial charge in [0.25, 0.3) is 0 Å². The molecule has 0 bridgehead atoms. The Morgan fingerprint density at radius 1 is 1.40 bits per heavy atom. The molecule has 1 atom stereocenters. The summed E-state index contributed by atoms with van der Waals surface area (Å²) in [7, 11) is 0. The molecular weight excluding hydrogens is 272 g/mol. The molecule has 106 valence electrons. The van der Waals surface area contributed by atoms with E-state index in [9.17, 15) is 4.79 Å². The lowest BCUT2D eigenvalue weighted by molar-refractivity contribution is -0.121. The number of aryl methyl sites for hydroxylation is 1. The van der Waals surface area contributed by atoms with Gasteiger partial charge in [-0.3, -0.25) is 4.79 Å². The Bertz CT molecular complexity index is 554. The standard InChI is InChI=1S/C15H18N2O2S/c1-11-16-13(10-20-11)9-15(19)17-14(7-8-18)12-5-3-2-4-6-12/h2-6,10,14,18H,7-9H2,1H3,(H,17,19). The maximum Gasteiger partial charge on any atom is 0.226 e. The molecule has 1 heterocycles. The van der Waals surface area contributed by atoms with Crippen LogP contribution in [-0.4, -0.2) is 22.6 Å². The van der Waals surface area contributed by atoms with Gasteiger partial charge in [-0.25, -0.2) is 4.98 Å². The van der Waals surface area contributed by atoms with Crippen molar-refractivity contribution in [1.82, 2.24) is 10.3 Å². The van der Waals surface area contributed by atoms with Crippen LogP contribution in [-0.2, 0) is 11.2 Å². The average molecular weight is 290 g/mol. The Morgan fingerprint density at radius 3 is 2.75 bits per heavy atom. The van der Waals surface area contributed by atoms with Crippen LogP contribution in [0, 0.1) is 6.92 Å². The van der Waals surface area contributed by atoms with Crippen LogP contribution in [0.2, 0.25) is 0 Å². The van der Waals surface area contributed by atoms with Crippen molar-refractivity contribution in [3.8, 4) is 0 Å². The third-order valence-electron chi connectivity index (χ3n) is 2.96. The summed E-state index contributed by atoms with van der Waals surface area (Å²) in [6.45, 7) is 1.96. The van der Waals surface area contributed by atoms with Crippen molar-refractivity contribution in [1.29, 1.82) is 0 Å². The number of benzene rings is 1. The van der Waals surface area contributed by atoms with Crippen molar-refractivity contribution in [2.24, 2.45) is 0 Å². The molecule has 0 saturated carbocycles. The van der Waals surface area contributed by atoms with Crippen molar-refractivity contribution in [3.63, 3.8) is 0 Å². The summed E-state index contributed by atoms with van der Waals surface area (Å²) < 4.78 is 0. The van der Waals surface area contributed by atoms with Gasteiger partial charge in [-0.1, -0.05) is 30.3 Å². The van der Waals surface area contributed by atoms with Gasteiger partial charge in [0.15, 0.2) is 0 Å². The molecule has 0 fully saturated rings. The SMILES string of the molecule is Cc1nc(CC(=O)NC(CCO)c2ccccc2)cs1. The Balaban J connectivity index is 1.99. The van der Waals surface area contributed by atoms with Crippen LogP contribution in [0.25, 0.3) is 0 Å². The van der Waals surface area contributed by atoms with Gasteiger partial charge in [0.2, 0.25) is 5.91 Å². The second-order valence-corrected chi connectivity index (χ2v) is 5.64. The molecule has 1 aromatic heterocycles. The van der Waals surface area contributed by atoms with Gasteiger partial charge in [-0.15, -0.1) is 11.3 Å². The summed E-state index contributed by atoms with van der Waals surface area (Å²) in [6, 6.07) is 9.53. The molecule has 0 saturated heterocycles. The lowest BCUT2D eigenvalue weighted by Crippen LogP contribution is -2.30. The van der Waals surface area contributed by atoms with Gasteiger partial charge < -0.3 is 10.4 Å². The van der Waals surface area contributed by atoms with E-state index in [2.05, 4.69) is 10.3 Å². The predicted molar refractivity (Wildman–Crippen MR) is 79.6 cm³/mol. The Labute approximate surface area is 122 Å². The van der Waals surface area contributed by atoms with E-state index in [1.165, 1.54) is 0 Å². The minimum Gasteiger partial charge on any atom is -0.396 e. The van der Waals surface area contributed by atoms with Gasteiger partial charge in [0.1, 0.15) is 0 Å². The van der Waals surface area contributed by atoms with E-state index in [0.717, 1.165) is 16.3 Å². The number of nitrogens with one attached hydrogen (secondary N) is 1. The smallest absolute Gasteiger partial charge is 0.226 e. The molecule has 20 heavy (non-hydrogen) atoms. The highest BCUT2D eigenvalue weighted by Gasteiger charge is 2.15. The number of carbonyl (C=O) groups excluding carboxylic acids is 1. The first kappa shape index (κ1) is 14.7. The molecule has 1 aromatic carbocycles. The topological polar surface area (TPSA) is 62.2 Å². The molecule has 0 spiro atoms. The third-order valence-corrected chi connectivity index (χ3v) is 3.79. The van der Waals surface area contributed by atoms with Crippen molar-refractivity contribution < 1.29 is 9.90 Å². The fraction of sp³-hybridized carbons (Fsp3) is 0.333. The molecule has 5 heteroatoms. The molecule has 2 N–H and O–H groups in total. The molecule has 2 rings (SSSR count). The van der Waals surface area contributed by atoms with Crippen LogP contribution >= 0.6 is 11.3 Å². The number of aliphatic hydroxyl groups is 1. The zero-order valence-electron chi connectivity index (χ0n) is 11.4. The van der Waals surface area contributed by atoms with Gasteiger partial charge in [-0.2, -0.15) is 0 Å². The highest BCUT2D eigenvalue weighted by Crippen LogP contribution is 2.16. The van der Waals surface area contributed by atoms with Gasteiger partial charge >= 0.3 is 0 Å². The Hall–Kier alpha value is -1.72. The first-order valence-corrected chi connectivity index (χ1v) is 7.43. The second kappa shape index (κ2) is 7.17. The fourth-order valence-electron chi connectivity index (χ4n) is 2.04. The van der Waals surface area contributed by atoms with E-state index in [1.807, 2.05) is 42.6 Å². The summed E-state index contributed by atoms with van der Waals surface area (Å²) in [4.78, 5) is 16.3. The first-order valence-electron chi connectivity index (χ1n) is 6.55. The summed E-state index contributed by atoms with van der Waals surface area (Å²) in [5, 5.41) is 15.0. The molecule has 2 aromatic rings. The molecule has 0 radical (unpaired) electrons. The Kier molecular flexibility index (Phi) is 5.26. The van der Waals surface area contributed by atoms with Gasteiger partial charge in [-0.05, 0) is 18.9 Å². The molecule has 0 aliphatic rings. The first-order chi connectivity index (χ1) is 9.69. The van der Waals surface area contributed by atoms with Gasteiger partial charge in [0.05, 0.1) is 23.2 Å². The molecule has 4 nitrogen and oxygen atoms in total. The highest BCUT2D eigenvalue weighted by atomic mass is 32.1. The number of hydrogen-bond donors (Lipinski definition) is 2. The van der Waals surface area contributed by atoms with Crippen molar-refractivity contribution in [2.75, 3.05) is 6.61 Å². The minimum atomic E-state index is -0.159. The monoisotopic (exact) mass is 290 g/mol. The minimum absolute atomic E-state index is 0.0374. The van der Waals surface area contributed by atoms with Crippen LogP contribution in [0.4, 0.5) is 0 Å². The second-order valence-electron chi connectivity index (χ2n) is 4.58. The Morgan fingerprint density at radius 2 is 2.15 bits per heavy atom. The van der Waals surface area contributed by atoms with E-state index < -0.39 is 0 Å². The molecule has 1 unspecified atom stereocenters. The zero-order chi connectivity index (χ0) is 14.4. The van der Waals surface area contributed by atoms with Crippen molar-refractivity contribution in [2.45, 2.75) is 25.8 Å².